The van der Waals surface area contributed by atoms with Gasteiger partial charge in [0.05, 0.1) is 6.61 Å². The summed E-state index contributed by atoms with van der Waals surface area (Å²) in [7, 11) is 0.744. The van der Waals surface area contributed by atoms with Gasteiger partial charge in [0.25, 0.3) is 0 Å². The normalized spacial score (nSPS) is 17.1. The fraction of sp³-hybridized carbons (Fsp3) is 0.500. The van der Waals surface area contributed by atoms with Gasteiger partial charge in [0.2, 0.25) is 0 Å². The van der Waals surface area contributed by atoms with Crippen molar-refractivity contribution in [1.82, 2.24) is 0 Å². The Hall–Kier alpha value is -1.32. The maximum atomic E-state index is 13.6. The van der Waals surface area contributed by atoms with Crippen LogP contribution in [0.1, 0.15) is 0 Å². The van der Waals surface area contributed by atoms with E-state index in [4.69, 9.17) is 14.0 Å². The van der Waals surface area contributed by atoms with Gasteiger partial charge >= 0.3 is 13.5 Å². The maximum absolute atomic E-state index is 13.6. The molecule has 116 valence electrons. The van der Waals surface area contributed by atoms with E-state index in [2.05, 4.69) is 4.74 Å². The Morgan fingerprint density at radius 2 is 1.95 bits per heavy atom. The molecule has 0 bridgehead atoms. The lowest BCUT2D eigenvalue weighted by Crippen LogP contribution is -2.45. The molecule has 21 heavy (non-hydrogen) atoms. The van der Waals surface area contributed by atoms with E-state index in [1.807, 2.05) is 0 Å². The predicted molar refractivity (Wildman–Crippen MR) is 65.7 cm³/mol. The summed E-state index contributed by atoms with van der Waals surface area (Å²) < 4.78 is 69.0. The number of hydrogen-bond donors (Lipinski definition) is 0. The second-order valence-corrected chi connectivity index (χ2v) is 4.56. The van der Waals surface area contributed by atoms with Crippen LogP contribution in [0.5, 0.6) is 5.75 Å². The number of alkyl halides is 3. The molecule has 0 unspecified atom stereocenters. The molecular weight excluding hydrogens is 295 g/mol. The van der Waals surface area contributed by atoms with Gasteiger partial charge in [-0.15, -0.1) is 13.2 Å². The first-order valence-electron chi connectivity index (χ1n) is 6.16. The van der Waals surface area contributed by atoms with Gasteiger partial charge in [-0.2, -0.15) is 0 Å². The molecule has 0 radical (unpaired) electrons. The van der Waals surface area contributed by atoms with Gasteiger partial charge < -0.3 is 18.8 Å². The molecule has 0 aliphatic carbocycles. The minimum atomic E-state index is -4.94. The van der Waals surface area contributed by atoms with Crippen molar-refractivity contribution in [2.24, 2.45) is 5.92 Å². The molecule has 1 saturated heterocycles. The third-order valence-corrected chi connectivity index (χ3v) is 2.82. The Morgan fingerprint density at radius 1 is 1.29 bits per heavy atom. The van der Waals surface area contributed by atoms with Crippen molar-refractivity contribution in [1.29, 1.82) is 0 Å². The summed E-state index contributed by atoms with van der Waals surface area (Å²) >= 11 is 0. The number of rotatable bonds is 4. The molecule has 1 fully saturated rings. The van der Waals surface area contributed by atoms with E-state index >= 15 is 0 Å². The van der Waals surface area contributed by atoms with E-state index in [1.165, 1.54) is 6.07 Å². The molecule has 1 aliphatic heterocycles. The van der Waals surface area contributed by atoms with E-state index in [9.17, 15) is 17.6 Å². The van der Waals surface area contributed by atoms with Crippen molar-refractivity contribution in [2.45, 2.75) is 6.36 Å². The molecular formula is C12H13BF4O4. The second kappa shape index (κ2) is 6.63. The summed E-state index contributed by atoms with van der Waals surface area (Å²) in [5.41, 5.74) is 0.290. The minimum Gasteiger partial charge on any atom is -0.407 e. The third-order valence-electron chi connectivity index (χ3n) is 2.82. The van der Waals surface area contributed by atoms with Crippen molar-refractivity contribution >= 4 is 12.6 Å². The van der Waals surface area contributed by atoms with Gasteiger partial charge in [-0.1, -0.05) is 6.07 Å². The van der Waals surface area contributed by atoms with Gasteiger partial charge in [0, 0.05) is 26.2 Å². The molecule has 0 saturated carbocycles. The first kappa shape index (κ1) is 16.1. The van der Waals surface area contributed by atoms with Crippen molar-refractivity contribution < 1.29 is 36.3 Å². The zero-order valence-corrected chi connectivity index (χ0v) is 11.2. The molecule has 0 aromatic heterocycles. The van der Waals surface area contributed by atoms with Crippen molar-refractivity contribution in [3.05, 3.63) is 24.0 Å². The van der Waals surface area contributed by atoms with Crippen LogP contribution in [0.3, 0.4) is 0 Å². The number of ether oxygens (including phenoxy) is 2. The summed E-state index contributed by atoms with van der Waals surface area (Å²) in [5.74, 6) is -1.95. The smallest absolute Gasteiger partial charge is 0.407 e. The fourth-order valence-electron chi connectivity index (χ4n) is 1.94. The predicted octanol–water partition coefficient (Wildman–Crippen LogP) is 1.73. The Labute approximate surface area is 119 Å². The van der Waals surface area contributed by atoms with Crippen LogP contribution in [0.4, 0.5) is 17.6 Å². The average Bonchev–Trinajstić information content (AvgIpc) is 2.41. The van der Waals surface area contributed by atoms with E-state index in [0.29, 0.717) is 19.8 Å². The molecule has 0 N–H and O–H groups in total. The van der Waals surface area contributed by atoms with Crippen LogP contribution in [-0.4, -0.2) is 40.4 Å². The second-order valence-electron chi connectivity index (χ2n) is 4.56. The van der Waals surface area contributed by atoms with Gasteiger partial charge in [-0.3, -0.25) is 0 Å². The maximum Gasteiger partial charge on any atom is 0.573 e. The van der Waals surface area contributed by atoms with Gasteiger partial charge in [-0.25, -0.2) is 4.39 Å². The summed E-state index contributed by atoms with van der Waals surface area (Å²) in [6, 6.07) is 3.07. The molecule has 0 atom stereocenters. The van der Waals surface area contributed by atoms with Gasteiger partial charge in [0.1, 0.15) is 0 Å². The molecule has 4 nitrogen and oxygen atoms in total. The summed E-state index contributed by atoms with van der Waals surface area (Å²) in [4.78, 5) is 0. The zero-order valence-electron chi connectivity index (χ0n) is 11.2. The summed E-state index contributed by atoms with van der Waals surface area (Å²) in [5, 5.41) is 0. The van der Waals surface area contributed by atoms with Crippen molar-refractivity contribution in [3.63, 3.8) is 0 Å². The summed E-state index contributed by atoms with van der Waals surface area (Å²) in [6.07, 6.45) is -4.94. The van der Waals surface area contributed by atoms with Crippen LogP contribution < -0.4 is 10.2 Å². The number of methoxy groups -OCH3 is 1. The van der Waals surface area contributed by atoms with E-state index < -0.39 is 25.0 Å². The lowest BCUT2D eigenvalue weighted by Gasteiger charge is -2.27. The third kappa shape index (κ3) is 4.58. The quantitative estimate of drug-likeness (QED) is 0.627. The largest absolute Gasteiger partial charge is 0.573 e. The first-order valence-corrected chi connectivity index (χ1v) is 6.16. The topological polar surface area (TPSA) is 36.9 Å². The lowest BCUT2D eigenvalue weighted by molar-refractivity contribution is -0.275. The van der Waals surface area contributed by atoms with Crippen LogP contribution in [0.15, 0.2) is 18.2 Å². The van der Waals surface area contributed by atoms with Gasteiger partial charge in [0.15, 0.2) is 11.6 Å². The van der Waals surface area contributed by atoms with Crippen LogP contribution in [0, 0.1) is 11.7 Å². The zero-order chi connectivity index (χ0) is 15.5. The van der Waals surface area contributed by atoms with E-state index in [0.717, 1.165) is 12.1 Å². The molecule has 0 amide bonds. The molecule has 1 aromatic carbocycles. The van der Waals surface area contributed by atoms with Gasteiger partial charge in [-0.05, 0) is 17.6 Å². The molecule has 1 aliphatic rings. The van der Waals surface area contributed by atoms with Crippen LogP contribution in [-0.2, 0) is 14.0 Å². The molecule has 9 heteroatoms. The summed E-state index contributed by atoms with van der Waals surface area (Å²) in [6.45, 7) is 1.20. The highest BCUT2D eigenvalue weighted by atomic mass is 19.4. The van der Waals surface area contributed by atoms with E-state index in [1.54, 1.807) is 7.11 Å². The first-order chi connectivity index (χ1) is 9.89. The lowest BCUT2D eigenvalue weighted by atomic mass is 9.77. The number of halogens is 4. The Kier molecular flexibility index (Phi) is 5.07. The van der Waals surface area contributed by atoms with Crippen molar-refractivity contribution in [3.8, 4) is 5.75 Å². The molecule has 1 aromatic rings. The Morgan fingerprint density at radius 3 is 2.48 bits per heavy atom. The van der Waals surface area contributed by atoms with Crippen LogP contribution in [0.2, 0.25) is 0 Å². The van der Waals surface area contributed by atoms with E-state index in [-0.39, 0.29) is 11.4 Å². The monoisotopic (exact) mass is 308 g/mol. The highest BCUT2D eigenvalue weighted by Gasteiger charge is 2.34. The fourth-order valence-corrected chi connectivity index (χ4v) is 1.94. The minimum absolute atomic E-state index is 0.0731. The highest BCUT2D eigenvalue weighted by molar-refractivity contribution is 6.61. The SMILES string of the molecule is COCC1COB(c2ccc(OC(F)(F)F)c(F)c2)OC1. The van der Waals surface area contributed by atoms with Crippen LogP contribution >= 0.6 is 0 Å². The molecule has 2 rings (SSSR count). The standard InChI is InChI=1S/C12H13BF4O4/c1-18-5-8-6-19-13(20-7-8)9-2-3-11(10(14)4-9)21-12(15,16)17/h2-4,8H,5-7H2,1H3. The Balaban J connectivity index is 2.01. The molecule has 1 heterocycles. The van der Waals surface area contributed by atoms with Crippen molar-refractivity contribution in [2.75, 3.05) is 26.9 Å². The van der Waals surface area contributed by atoms with Crippen LogP contribution in [0.25, 0.3) is 0 Å². The number of hydrogen-bond acceptors (Lipinski definition) is 4. The molecule has 0 spiro atoms. The average molecular weight is 308 g/mol. The number of benzene rings is 1. The Bertz CT molecular complexity index is 475. The highest BCUT2D eigenvalue weighted by Crippen LogP contribution is 2.24.